The molecule has 15 heavy (non-hydrogen) atoms. The number of pyridine rings is 1. The Morgan fingerprint density at radius 3 is 2.93 bits per heavy atom. The Morgan fingerprint density at radius 2 is 2.13 bits per heavy atom. The standard InChI is InChI=1S/C12H17NO2/c1-2-15-12-8-9-13(14)11-7-5-3-4-6-10(11)12/h8-9H,2-7H2,1H3. The highest BCUT2D eigenvalue weighted by molar-refractivity contribution is 5.34. The minimum absolute atomic E-state index is 0.662. The lowest BCUT2D eigenvalue weighted by Gasteiger charge is -2.12. The fourth-order valence-electron chi connectivity index (χ4n) is 2.19. The van der Waals surface area contributed by atoms with Crippen LogP contribution in [0.25, 0.3) is 0 Å². The van der Waals surface area contributed by atoms with Crippen LogP contribution in [-0.2, 0) is 12.8 Å². The molecule has 0 saturated carbocycles. The molecule has 0 aromatic carbocycles. The molecule has 82 valence electrons. The number of aromatic nitrogens is 1. The molecule has 0 atom stereocenters. The molecule has 0 spiro atoms. The lowest BCUT2D eigenvalue weighted by molar-refractivity contribution is -0.614. The fraction of sp³-hybridized carbons (Fsp3) is 0.583. The van der Waals surface area contributed by atoms with Gasteiger partial charge >= 0.3 is 0 Å². The Bertz CT molecular complexity index is 350. The first kappa shape index (κ1) is 10.3. The van der Waals surface area contributed by atoms with Crippen molar-refractivity contribution in [2.75, 3.05) is 6.61 Å². The van der Waals surface area contributed by atoms with Crippen LogP contribution in [0.15, 0.2) is 12.3 Å². The molecular weight excluding hydrogens is 190 g/mol. The molecule has 0 saturated heterocycles. The summed E-state index contributed by atoms with van der Waals surface area (Å²) in [6.07, 6.45) is 6.92. The average molecular weight is 207 g/mol. The lowest BCUT2D eigenvalue weighted by Crippen LogP contribution is -2.32. The summed E-state index contributed by atoms with van der Waals surface area (Å²) in [6.45, 7) is 2.64. The third-order valence-corrected chi connectivity index (χ3v) is 2.91. The minimum Gasteiger partial charge on any atom is -0.618 e. The Morgan fingerprint density at radius 1 is 1.33 bits per heavy atom. The van der Waals surface area contributed by atoms with E-state index in [2.05, 4.69) is 0 Å². The second kappa shape index (κ2) is 4.51. The van der Waals surface area contributed by atoms with Crippen LogP contribution < -0.4 is 9.47 Å². The predicted octanol–water partition coefficient (Wildman–Crippen LogP) is 1.99. The van der Waals surface area contributed by atoms with Gasteiger partial charge in [0.1, 0.15) is 5.75 Å². The zero-order valence-electron chi connectivity index (χ0n) is 9.16. The van der Waals surface area contributed by atoms with Crippen LogP contribution in [0.5, 0.6) is 5.75 Å². The molecule has 2 rings (SSSR count). The van der Waals surface area contributed by atoms with Gasteiger partial charge in [-0.15, -0.1) is 0 Å². The number of hydrogen-bond donors (Lipinski definition) is 0. The summed E-state index contributed by atoms with van der Waals surface area (Å²) in [5.41, 5.74) is 2.05. The van der Waals surface area contributed by atoms with Crippen molar-refractivity contribution in [1.29, 1.82) is 0 Å². The largest absolute Gasteiger partial charge is 0.618 e. The third kappa shape index (κ3) is 2.06. The summed E-state index contributed by atoms with van der Waals surface area (Å²) in [6, 6.07) is 1.79. The topological polar surface area (TPSA) is 36.2 Å². The van der Waals surface area contributed by atoms with E-state index in [9.17, 15) is 5.21 Å². The van der Waals surface area contributed by atoms with Crippen molar-refractivity contribution in [2.45, 2.75) is 39.0 Å². The Balaban J connectivity index is 2.41. The molecule has 1 aromatic heterocycles. The average Bonchev–Trinajstić information content (AvgIpc) is 2.48. The molecule has 0 bridgehead atoms. The molecule has 1 aliphatic carbocycles. The molecule has 0 N–H and O–H groups in total. The third-order valence-electron chi connectivity index (χ3n) is 2.91. The van der Waals surface area contributed by atoms with Crippen LogP contribution >= 0.6 is 0 Å². The number of hydrogen-bond acceptors (Lipinski definition) is 2. The van der Waals surface area contributed by atoms with Gasteiger partial charge in [0.25, 0.3) is 0 Å². The van der Waals surface area contributed by atoms with E-state index in [1.165, 1.54) is 6.42 Å². The van der Waals surface area contributed by atoms with Gasteiger partial charge < -0.3 is 9.94 Å². The summed E-state index contributed by atoms with van der Waals surface area (Å²) < 4.78 is 6.57. The highest BCUT2D eigenvalue weighted by Gasteiger charge is 2.20. The Kier molecular flexibility index (Phi) is 3.09. The van der Waals surface area contributed by atoms with Gasteiger partial charge in [-0.2, -0.15) is 4.73 Å². The van der Waals surface area contributed by atoms with Crippen molar-refractivity contribution in [1.82, 2.24) is 0 Å². The van der Waals surface area contributed by atoms with Crippen molar-refractivity contribution < 1.29 is 9.47 Å². The number of fused-ring (bicyclic) bond motifs is 1. The molecule has 0 radical (unpaired) electrons. The van der Waals surface area contributed by atoms with Crippen molar-refractivity contribution in [3.63, 3.8) is 0 Å². The molecule has 0 aliphatic heterocycles. The van der Waals surface area contributed by atoms with Gasteiger partial charge in [-0.25, -0.2) is 0 Å². The molecule has 1 aromatic rings. The highest BCUT2D eigenvalue weighted by atomic mass is 16.5. The first-order valence-corrected chi connectivity index (χ1v) is 5.69. The van der Waals surface area contributed by atoms with Crippen LogP contribution in [-0.4, -0.2) is 6.61 Å². The Labute approximate surface area is 90.3 Å². The summed E-state index contributed by atoms with van der Waals surface area (Å²) >= 11 is 0. The molecular formula is C12H17NO2. The second-order valence-electron chi connectivity index (χ2n) is 3.92. The van der Waals surface area contributed by atoms with E-state index in [-0.39, 0.29) is 0 Å². The van der Waals surface area contributed by atoms with Crippen LogP contribution in [0.3, 0.4) is 0 Å². The number of ether oxygens (including phenoxy) is 1. The Hall–Kier alpha value is -1.25. The number of nitrogens with zero attached hydrogens (tertiary/aromatic N) is 1. The lowest BCUT2D eigenvalue weighted by atomic mass is 10.1. The first-order chi connectivity index (χ1) is 7.33. The van der Waals surface area contributed by atoms with Crippen molar-refractivity contribution >= 4 is 0 Å². The highest BCUT2D eigenvalue weighted by Crippen LogP contribution is 2.26. The van der Waals surface area contributed by atoms with Crippen molar-refractivity contribution in [2.24, 2.45) is 0 Å². The SMILES string of the molecule is CCOc1cc[n+]([O-])c2c1CCCCC2. The van der Waals surface area contributed by atoms with Gasteiger partial charge in [-0.05, 0) is 26.2 Å². The minimum atomic E-state index is 0.662. The molecule has 0 amide bonds. The second-order valence-corrected chi connectivity index (χ2v) is 3.92. The van der Waals surface area contributed by atoms with E-state index in [1.807, 2.05) is 6.92 Å². The molecule has 3 heteroatoms. The predicted molar refractivity (Wildman–Crippen MR) is 57.8 cm³/mol. The van der Waals surface area contributed by atoms with Gasteiger partial charge in [0.15, 0.2) is 11.9 Å². The van der Waals surface area contributed by atoms with Crippen LogP contribution in [0.1, 0.15) is 37.4 Å². The summed E-state index contributed by atoms with van der Waals surface area (Å²) in [4.78, 5) is 0. The molecule has 1 aliphatic rings. The molecule has 1 heterocycles. The van der Waals surface area contributed by atoms with E-state index in [1.54, 1.807) is 12.3 Å². The van der Waals surface area contributed by atoms with Gasteiger partial charge in [-0.1, -0.05) is 6.42 Å². The van der Waals surface area contributed by atoms with Gasteiger partial charge in [-0.3, -0.25) is 0 Å². The summed E-state index contributed by atoms with van der Waals surface area (Å²) in [5.74, 6) is 0.904. The van der Waals surface area contributed by atoms with Crippen molar-refractivity contribution in [3.8, 4) is 5.75 Å². The van der Waals surface area contributed by atoms with Crippen LogP contribution in [0.4, 0.5) is 0 Å². The van der Waals surface area contributed by atoms with Crippen molar-refractivity contribution in [3.05, 3.63) is 28.7 Å². The quantitative estimate of drug-likeness (QED) is 0.422. The number of rotatable bonds is 2. The van der Waals surface area contributed by atoms with E-state index in [0.717, 1.165) is 47.4 Å². The van der Waals surface area contributed by atoms with Crippen LogP contribution in [0, 0.1) is 5.21 Å². The maximum atomic E-state index is 11.6. The summed E-state index contributed by atoms with van der Waals surface area (Å²) in [5, 5.41) is 11.6. The molecule has 3 nitrogen and oxygen atoms in total. The first-order valence-electron chi connectivity index (χ1n) is 5.69. The van der Waals surface area contributed by atoms with Gasteiger partial charge in [0.05, 0.1) is 12.2 Å². The van der Waals surface area contributed by atoms with Gasteiger partial charge in [0, 0.05) is 12.5 Å². The zero-order chi connectivity index (χ0) is 10.7. The van der Waals surface area contributed by atoms with E-state index < -0.39 is 0 Å². The smallest absolute Gasteiger partial charge is 0.199 e. The maximum absolute atomic E-state index is 11.6. The van der Waals surface area contributed by atoms with Crippen LogP contribution in [0.2, 0.25) is 0 Å². The van der Waals surface area contributed by atoms with E-state index in [0.29, 0.717) is 6.61 Å². The van der Waals surface area contributed by atoms with E-state index >= 15 is 0 Å². The monoisotopic (exact) mass is 207 g/mol. The zero-order valence-corrected chi connectivity index (χ0v) is 9.16. The van der Waals surface area contributed by atoms with E-state index in [4.69, 9.17) is 4.74 Å². The summed E-state index contributed by atoms with van der Waals surface area (Å²) in [7, 11) is 0. The fourth-order valence-corrected chi connectivity index (χ4v) is 2.19. The molecule has 0 unspecified atom stereocenters. The normalized spacial score (nSPS) is 15.5. The molecule has 0 fully saturated rings. The van der Waals surface area contributed by atoms with Gasteiger partial charge in [0.2, 0.25) is 0 Å². The maximum Gasteiger partial charge on any atom is 0.199 e.